The lowest BCUT2D eigenvalue weighted by molar-refractivity contribution is 0.473. The van der Waals surface area contributed by atoms with Crippen molar-refractivity contribution in [2.24, 2.45) is 5.41 Å². The second-order valence-corrected chi connectivity index (χ2v) is 7.10. The SMILES string of the molecule is CCC1(CNS(=O)(=O)CC2CCCN2)CC1. The maximum absolute atomic E-state index is 11.8. The lowest BCUT2D eigenvalue weighted by Gasteiger charge is -2.16. The molecule has 0 spiro atoms. The number of hydrogen-bond donors (Lipinski definition) is 2. The first kappa shape index (κ1) is 12.3. The molecule has 2 rings (SSSR count). The topological polar surface area (TPSA) is 58.2 Å². The standard InChI is InChI=1S/C11H22N2O2S/c1-2-11(5-6-11)9-13-16(14,15)8-10-4-3-7-12-10/h10,12-13H,2-9H2,1H3. The van der Waals surface area contributed by atoms with Gasteiger partial charge in [-0.25, -0.2) is 13.1 Å². The van der Waals surface area contributed by atoms with Crippen molar-refractivity contribution in [3.63, 3.8) is 0 Å². The second kappa shape index (κ2) is 4.63. The third-order valence-corrected chi connectivity index (χ3v) is 5.38. The number of sulfonamides is 1. The third-order valence-electron chi connectivity index (χ3n) is 3.96. The molecule has 0 aromatic heterocycles. The fourth-order valence-electron chi connectivity index (χ4n) is 2.32. The normalized spacial score (nSPS) is 28.2. The van der Waals surface area contributed by atoms with Crippen LogP contribution in [0.3, 0.4) is 0 Å². The molecule has 16 heavy (non-hydrogen) atoms. The average molecular weight is 246 g/mol. The minimum atomic E-state index is -3.08. The van der Waals surface area contributed by atoms with Crippen molar-refractivity contribution in [3.8, 4) is 0 Å². The number of rotatable bonds is 6. The van der Waals surface area contributed by atoms with Gasteiger partial charge in [0.05, 0.1) is 5.75 Å². The quantitative estimate of drug-likeness (QED) is 0.730. The van der Waals surface area contributed by atoms with Crippen molar-refractivity contribution in [3.05, 3.63) is 0 Å². The highest BCUT2D eigenvalue weighted by Gasteiger charge is 2.41. The average Bonchev–Trinajstić information content (AvgIpc) is 2.87. The first-order chi connectivity index (χ1) is 7.55. The fourth-order valence-corrected chi connectivity index (χ4v) is 3.78. The second-order valence-electron chi connectivity index (χ2n) is 5.25. The Morgan fingerprint density at radius 3 is 2.69 bits per heavy atom. The molecule has 0 aromatic rings. The van der Waals surface area contributed by atoms with E-state index in [9.17, 15) is 8.42 Å². The highest BCUT2D eigenvalue weighted by Crippen LogP contribution is 2.47. The zero-order valence-electron chi connectivity index (χ0n) is 9.96. The fraction of sp³-hybridized carbons (Fsp3) is 1.00. The summed E-state index contributed by atoms with van der Waals surface area (Å²) in [4.78, 5) is 0. The molecule has 0 radical (unpaired) electrons. The van der Waals surface area contributed by atoms with Crippen LogP contribution >= 0.6 is 0 Å². The molecule has 1 aliphatic heterocycles. The Morgan fingerprint density at radius 1 is 1.44 bits per heavy atom. The monoisotopic (exact) mass is 246 g/mol. The van der Waals surface area contributed by atoms with E-state index in [-0.39, 0.29) is 17.2 Å². The number of nitrogens with one attached hydrogen (secondary N) is 2. The van der Waals surface area contributed by atoms with Gasteiger partial charge in [-0.1, -0.05) is 6.92 Å². The molecule has 0 bridgehead atoms. The van der Waals surface area contributed by atoms with E-state index in [1.165, 1.54) is 12.8 Å². The van der Waals surface area contributed by atoms with Gasteiger partial charge in [0.25, 0.3) is 0 Å². The summed E-state index contributed by atoms with van der Waals surface area (Å²) >= 11 is 0. The van der Waals surface area contributed by atoms with Gasteiger partial charge in [0, 0.05) is 12.6 Å². The van der Waals surface area contributed by atoms with Gasteiger partial charge in [0.2, 0.25) is 10.0 Å². The van der Waals surface area contributed by atoms with Gasteiger partial charge in [0.15, 0.2) is 0 Å². The Hall–Kier alpha value is -0.130. The van der Waals surface area contributed by atoms with Crippen LogP contribution in [-0.2, 0) is 10.0 Å². The van der Waals surface area contributed by atoms with E-state index in [1.807, 2.05) is 0 Å². The van der Waals surface area contributed by atoms with Gasteiger partial charge >= 0.3 is 0 Å². The molecule has 1 aliphatic carbocycles. The van der Waals surface area contributed by atoms with Gasteiger partial charge in [-0.2, -0.15) is 0 Å². The Bertz CT molecular complexity index is 330. The van der Waals surface area contributed by atoms with Crippen LogP contribution in [0.1, 0.15) is 39.0 Å². The molecule has 0 amide bonds. The van der Waals surface area contributed by atoms with Crippen LogP contribution in [0, 0.1) is 5.41 Å². The van der Waals surface area contributed by atoms with Crippen molar-refractivity contribution in [1.82, 2.24) is 10.0 Å². The summed E-state index contributed by atoms with van der Waals surface area (Å²) < 4.78 is 26.4. The molecule has 2 fully saturated rings. The van der Waals surface area contributed by atoms with Crippen LogP contribution in [0.15, 0.2) is 0 Å². The minimum Gasteiger partial charge on any atom is -0.313 e. The van der Waals surface area contributed by atoms with Crippen LogP contribution in [0.25, 0.3) is 0 Å². The maximum atomic E-state index is 11.8. The Kier molecular flexibility index (Phi) is 3.56. The molecule has 2 N–H and O–H groups in total. The molecular weight excluding hydrogens is 224 g/mol. The molecular formula is C11H22N2O2S. The molecule has 1 atom stereocenters. The van der Waals surface area contributed by atoms with Crippen molar-refractivity contribution >= 4 is 10.0 Å². The molecule has 2 aliphatic rings. The van der Waals surface area contributed by atoms with E-state index in [2.05, 4.69) is 17.0 Å². The summed E-state index contributed by atoms with van der Waals surface area (Å²) in [6.45, 7) is 3.73. The van der Waals surface area contributed by atoms with E-state index in [0.717, 1.165) is 25.8 Å². The van der Waals surface area contributed by atoms with E-state index < -0.39 is 10.0 Å². The molecule has 0 aromatic carbocycles. The van der Waals surface area contributed by atoms with Crippen LogP contribution in [0.4, 0.5) is 0 Å². The molecule has 1 heterocycles. The van der Waals surface area contributed by atoms with Crippen molar-refractivity contribution < 1.29 is 8.42 Å². The molecule has 5 heteroatoms. The molecule has 1 unspecified atom stereocenters. The molecule has 4 nitrogen and oxygen atoms in total. The van der Waals surface area contributed by atoms with E-state index in [4.69, 9.17) is 0 Å². The maximum Gasteiger partial charge on any atom is 0.213 e. The lowest BCUT2D eigenvalue weighted by atomic mass is 10.1. The Balaban J connectivity index is 1.78. The lowest BCUT2D eigenvalue weighted by Crippen LogP contribution is -2.38. The summed E-state index contributed by atoms with van der Waals surface area (Å²) in [7, 11) is -3.08. The van der Waals surface area contributed by atoms with E-state index >= 15 is 0 Å². The summed E-state index contributed by atoms with van der Waals surface area (Å²) in [5, 5.41) is 3.22. The van der Waals surface area contributed by atoms with Crippen LogP contribution in [0.5, 0.6) is 0 Å². The summed E-state index contributed by atoms with van der Waals surface area (Å²) in [5.41, 5.74) is 0.288. The van der Waals surface area contributed by atoms with Gasteiger partial charge in [-0.05, 0) is 44.1 Å². The van der Waals surface area contributed by atoms with Crippen molar-refractivity contribution in [2.45, 2.75) is 45.1 Å². The minimum absolute atomic E-state index is 0.161. The largest absolute Gasteiger partial charge is 0.313 e. The molecule has 94 valence electrons. The number of hydrogen-bond acceptors (Lipinski definition) is 3. The summed E-state index contributed by atoms with van der Waals surface area (Å²) in [6.07, 6.45) is 5.51. The van der Waals surface area contributed by atoms with E-state index in [0.29, 0.717) is 6.54 Å². The summed E-state index contributed by atoms with van der Waals surface area (Å²) in [5.74, 6) is 0.243. The molecule has 1 saturated carbocycles. The smallest absolute Gasteiger partial charge is 0.213 e. The summed E-state index contributed by atoms with van der Waals surface area (Å²) in [6, 6.07) is 0.161. The Labute approximate surface area is 98.2 Å². The molecule has 1 saturated heterocycles. The predicted molar refractivity (Wildman–Crippen MR) is 64.8 cm³/mol. The first-order valence-electron chi connectivity index (χ1n) is 6.26. The van der Waals surface area contributed by atoms with Gasteiger partial charge < -0.3 is 5.32 Å². The highest BCUT2D eigenvalue weighted by atomic mass is 32.2. The van der Waals surface area contributed by atoms with Gasteiger partial charge in [-0.3, -0.25) is 0 Å². The van der Waals surface area contributed by atoms with E-state index in [1.54, 1.807) is 0 Å². The van der Waals surface area contributed by atoms with Gasteiger partial charge in [-0.15, -0.1) is 0 Å². The van der Waals surface area contributed by atoms with Crippen LogP contribution in [0.2, 0.25) is 0 Å². The zero-order valence-corrected chi connectivity index (χ0v) is 10.8. The van der Waals surface area contributed by atoms with Crippen LogP contribution < -0.4 is 10.0 Å². The zero-order chi connectivity index (χ0) is 11.6. The van der Waals surface area contributed by atoms with Gasteiger partial charge in [0.1, 0.15) is 0 Å². The highest BCUT2D eigenvalue weighted by molar-refractivity contribution is 7.89. The van der Waals surface area contributed by atoms with Crippen molar-refractivity contribution in [1.29, 1.82) is 0 Å². The predicted octanol–water partition coefficient (Wildman–Crippen LogP) is 0.848. The Morgan fingerprint density at radius 2 is 2.19 bits per heavy atom. The van der Waals surface area contributed by atoms with Crippen molar-refractivity contribution in [2.75, 3.05) is 18.8 Å². The first-order valence-corrected chi connectivity index (χ1v) is 7.91. The third kappa shape index (κ3) is 3.18. The van der Waals surface area contributed by atoms with Crippen LogP contribution in [-0.4, -0.2) is 33.3 Å².